The van der Waals surface area contributed by atoms with Gasteiger partial charge in [-0.2, -0.15) is 0 Å². The second kappa shape index (κ2) is 7.05. The summed E-state index contributed by atoms with van der Waals surface area (Å²) in [6, 6.07) is 21.7. The van der Waals surface area contributed by atoms with Gasteiger partial charge in [-0.25, -0.2) is 18.4 Å². The Morgan fingerprint density at radius 2 is 1.44 bits per heavy atom. The first-order chi connectivity index (χ1) is 13.1. The first-order valence-corrected chi connectivity index (χ1v) is 9.66. The molecule has 0 aliphatic heterocycles. The van der Waals surface area contributed by atoms with Crippen molar-refractivity contribution in [3.8, 4) is 11.8 Å². The van der Waals surface area contributed by atoms with Gasteiger partial charge in [0, 0.05) is 5.39 Å². The van der Waals surface area contributed by atoms with Crippen LogP contribution in [-0.4, -0.2) is 18.4 Å². The highest BCUT2D eigenvalue weighted by molar-refractivity contribution is 7.93. The Kier molecular flexibility index (Phi) is 4.43. The summed E-state index contributed by atoms with van der Waals surface area (Å²) >= 11 is 0. The third kappa shape index (κ3) is 3.73. The number of anilines is 1. The molecule has 0 amide bonds. The van der Waals surface area contributed by atoms with Crippen LogP contribution in [-0.2, 0) is 10.0 Å². The van der Waals surface area contributed by atoms with Crippen molar-refractivity contribution < 1.29 is 13.2 Å². The number of para-hydroxylation sites is 1. The first-order valence-electron chi connectivity index (χ1n) is 8.17. The molecule has 0 saturated carbocycles. The predicted octanol–water partition coefficient (Wildman–Crippen LogP) is 4.22. The van der Waals surface area contributed by atoms with Gasteiger partial charge in [0.05, 0.1) is 23.0 Å². The van der Waals surface area contributed by atoms with Gasteiger partial charge in [-0.1, -0.05) is 54.6 Å². The summed E-state index contributed by atoms with van der Waals surface area (Å²) < 4.78 is 33.6. The molecule has 6 nitrogen and oxygen atoms in total. The smallest absolute Gasteiger partial charge is 0.322 e. The molecule has 0 unspecified atom stereocenters. The van der Waals surface area contributed by atoms with Gasteiger partial charge in [0.1, 0.15) is 5.75 Å². The average Bonchev–Trinajstić information content (AvgIpc) is 2.70. The van der Waals surface area contributed by atoms with E-state index in [1.807, 2.05) is 36.4 Å². The van der Waals surface area contributed by atoms with Gasteiger partial charge in [-0.15, -0.1) is 0 Å². The molecule has 1 aromatic heterocycles. The molecular weight excluding hydrogens is 362 g/mol. The summed E-state index contributed by atoms with van der Waals surface area (Å²) in [6.07, 6.45) is 2.74. The highest BCUT2D eigenvalue weighted by Crippen LogP contribution is 2.25. The number of hydrogen-bond acceptors (Lipinski definition) is 5. The number of aromatic nitrogens is 2. The Labute approximate surface area is 156 Å². The van der Waals surface area contributed by atoms with Crippen LogP contribution in [0.2, 0.25) is 0 Å². The molecule has 134 valence electrons. The number of rotatable bonds is 5. The lowest BCUT2D eigenvalue weighted by molar-refractivity contribution is 0.442. The first kappa shape index (κ1) is 17.0. The SMILES string of the molecule is O=S(=O)(Nc1cnc(Oc2ccccc2)nc1)c1cccc2ccccc12. The number of nitrogens with zero attached hydrogens (tertiary/aromatic N) is 2. The van der Waals surface area contributed by atoms with Crippen LogP contribution < -0.4 is 9.46 Å². The fourth-order valence-electron chi connectivity index (χ4n) is 2.66. The largest absolute Gasteiger partial charge is 0.424 e. The Balaban J connectivity index is 1.57. The second-order valence-electron chi connectivity index (χ2n) is 5.75. The van der Waals surface area contributed by atoms with Crippen molar-refractivity contribution in [3.63, 3.8) is 0 Å². The number of sulfonamides is 1. The maximum atomic E-state index is 12.8. The van der Waals surface area contributed by atoms with Crippen molar-refractivity contribution in [3.05, 3.63) is 85.2 Å². The lowest BCUT2D eigenvalue weighted by Crippen LogP contribution is -2.13. The van der Waals surface area contributed by atoms with Gasteiger partial charge >= 0.3 is 6.01 Å². The zero-order valence-corrected chi connectivity index (χ0v) is 14.9. The van der Waals surface area contributed by atoms with Gasteiger partial charge in [-0.3, -0.25) is 4.72 Å². The molecule has 3 aromatic carbocycles. The Hall–Kier alpha value is -3.45. The molecule has 1 heterocycles. The normalized spacial score (nSPS) is 11.3. The van der Waals surface area contributed by atoms with Crippen LogP contribution in [0.5, 0.6) is 11.8 Å². The minimum Gasteiger partial charge on any atom is -0.424 e. The lowest BCUT2D eigenvalue weighted by atomic mass is 10.1. The molecular formula is C20H15N3O3S. The second-order valence-corrected chi connectivity index (χ2v) is 7.40. The number of fused-ring (bicyclic) bond motifs is 1. The third-order valence-corrected chi connectivity index (χ3v) is 5.31. The molecule has 4 aromatic rings. The molecule has 7 heteroatoms. The van der Waals surface area contributed by atoms with Crippen LogP contribution in [0, 0.1) is 0 Å². The van der Waals surface area contributed by atoms with Gasteiger partial charge in [0.25, 0.3) is 10.0 Å². The molecule has 4 rings (SSSR count). The van der Waals surface area contributed by atoms with E-state index < -0.39 is 10.0 Å². The van der Waals surface area contributed by atoms with Gasteiger partial charge < -0.3 is 4.74 Å². The molecule has 1 N–H and O–H groups in total. The molecule has 0 saturated heterocycles. The zero-order chi connectivity index (χ0) is 18.7. The molecule has 0 atom stereocenters. The monoisotopic (exact) mass is 377 g/mol. The average molecular weight is 377 g/mol. The number of ether oxygens (including phenoxy) is 1. The van der Waals surface area contributed by atoms with E-state index in [0.717, 1.165) is 5.39 Å². The van der Waals surface area contributed by atoms with Crippen molar-refractivity contribution >= 4 is 26.5 Å². The summed E-state index contributed by atoms with van der Waals surface area (Å²) in [5.41, 5.74) is 0.253. The van der Waals surface area contributed by atoms with Crippen molar-refractivity contribution in [1.82, 2.24) is 9.97 Å². The summed E-state index contributed by atoms with van der Waals surface area (Å²) in [5.74, 6) is 0.599. The standard InChI is InChI=1S/C20H15N3O3S/c24-27(25,19-12-6-8-15-7-4-5-11-18(15)19)23-16-13-21-20(22-14-16)26-17-9-2-1-3-10-17/h1-14,23H. The summed E-state index contributed by atoms with van der Waals surface area (Å²) in [5, 5.41) is 1.50. The van der Waals surface area contributed by atoms with E-state index in [2.05, 4.69) is 14.7 Å². The van der Waals surface area contributed by atoms with E-state index in [1.165, 1.54) is 12.4 Å². The van der Waals surface area contributed by atoms with Crippen LogP contribution in [0.1, 0.15) is 0 Å². The van der Waals surface area contributed by atoms with E-state index in [1.54, 1.807) is 36.4 Å². The van der Waals surface area contributed by atoms with Gasteiger partial charge in [0.2, 0.25) is 0 Å². The van der Waals surface area contributed by atoms with Crippen LogP contribution in [0.3, 0.4) is 0 Å². The van der Waals surface area contributed by atoms with Crippen molar-refractivity contribution in [2.24, 2.45) is 0 Å². The van der Waals surface area contributed by atoms with Crippen LogP contribution in [0.25, 0.3) is 10.8 Å². The van der Waals surface area contributed by atoms with E-state index in [-0.39, 0.29) is 16.6 Å². The Bertz CT molecular complexity index is 1170. The quantitative estimate of drug-likeness (QED) is 0.563. The maximum absolute atomic E-state index is 12.8. The summed E-state index contributed by atoms with van der Waals surface area (Å²) in [6.45, 7) is 0. The van der Waals surface area contributed by atoms with E-state index in [9.17, 15) is 8.42 Å². The van der Waals surface area contributed by atoms with E-state index >= 15 is 0 Å². The fourth-order valence-corrected chi connectivity index (χ4v) is 3.91. The Morgan fingerprint density at radius 3 is 2.22 bits per heavy atom. The number of nitrogens with one attached hydrogen (secondary N) is 1. The van der Waals surface area contributed by atoms with Crippen molar-refractivity contribution in [2.75, 3.05) is 4.72 Å². The molecule has 0 aliphatic carbocycles. The van der Waals surface area contributed by atoms with Crippen molar-refractivity contribution in [2.45, 2.75) is 4.90 Å². The highest BCUT2D eigenvalue weighted by Gasteiger charge is 2.17. The number of benzene rings is 3. The zero-order valence-electron chi connectivity index (χ0n) is 14.1. The highest BCUT2D eigenvalue weighted by atomic mass is 32.2. The molecule has 0 fully saturated rings. The molecule has 0 spiro atoms. The summed E-state index contributed by atoms with van der Waals surface area (Å²) in [7, 11) is -3.78. The van der Waals surface area contributed by atoms with E-state index in [0.29, 0.717) is 11.1 Å². The third-order valence-electron chi connectivity index (χ3n) is 3.87. The predicted molar refractivity (Wildman–Crippen MR) is 103 cm³/mol. The minimum absolute atomic E-state index is 0.134. The van der Waals surface area contributed by atoms with Crippen LogP contribution in [0.15, 0.2) is 90.1 Å². The van der Waals surface area contributed by atoms with Crippen LogP contribution >= 0.6 is 0 Å². The maximum Gasteiger partial charge on any atom is 0.322 e. The molecule has 27 heavy (non-hydrogen) atoms. The van der Waals surface area contributed by atoms with Gasteiger partial charge in [-0.05, 0) is 23.6 Å². The number of hydrogen-bond donors (Lipinski definition) is 1. The van der Waals surface area contributed by atoms with Crippen LogP contribution in [0.4, 0.5) is 5.69 Å². The lowest BCUT2D eigenvalue weighted by Gasteiger charge is -2.10. The summed E-state index contributed by atoms with van der Waals surface area (Å²) in [4.78, 5) is 8.31. The molecule has 0 radical (unpaired) electrons. The topological polar surface area (TPSA) is 81.2 Å². The molecule has 0 aliphatic rings. The minimum atomic E-state index is -3.78. The van der Waals surface area contributed by atoms with E-state index in [4.69, 9.17) is 4.74 Å². The van der Waals surface area contributed by atoms with Gasteiger partial charge in [0.15, 0.2) is 0 Å². The fraction of sp³-hybridized carbons (Fsp3) is 0. The van der Waals surface area contributed by atoms with Crippen molar-refractivity contribution in [1.29, 1.82) is 0 Å². The molecule has 0 bridgehead atoms. The Morgan fingerprint density at radius 1 is 0.778 bits per heavy atom.